The molecule has 1 aromatic carbocycles. The van der Waals surface area contributed by atoms with Gasteiger partial charge in [-0.05, 0) is 51.2 Å². The average Bonchev–Trinajstić information content (AvgIpc) is 2.46. The molecule has 0 bridgehead atoms. The van der Waals surface area contributed by atoms with Crippen LogP contribution in [0.2, 0.25) is 0 Å². The van der Waals surface area contributed by atoms with Crippen LogP contribution in [0.1, 0.15) is 12.8 Å². The number of nitrogens with zero attached hydrogens (tertiary/aromatic N) is 4. The van der Waals surface area contributed by atoms with Crippen molar-refractivity contribution in [2.24, 2.45) is 0 Å². The lowest BCUT2D eigenvalue weighted by atomic mass is 10.0. The third kappa shape index (κ3) is 3.47. The third-order valence-electron chi connectivity index (χ3n) is 4.15. The molecule has 1 aromatic heterocycles. The van der Waals surface area contributed by atoms with E-state index in [4.69, 9.17) is 0 Å². The van der Waals surface area contributed by atoms with Gasteiger partial charge in [0.15, 0.2) is 0 Å². The molecular weight excluding hydrogens is 352 g/mol. The Labute approximate surface area is 140 Å². The van der Waals surface area contributed by atoms with E-state index in [1.54, 1.807) is 6.33 Å². The number of hydrogen-bond donors (Lipinski definition) is 0. The fraction of sp³-hybridized carbons (Fsp3) is 0.467. The molecule has 0 spiro atoms. The summed E-state index contributed by atoms with van der Waals surface area (Å²) in [5.41, 5.74) is 0.998. The molecule has 3 rings (SSSR count). The Morgan fingerprint density at radius 3 is 2.67 bits per heavy atom. The summed E-state index contributed by atoms with van der Waals surface area (Å²) in [6, 6.07) is 6.72. The molecule has 114 valence electrons. The summed E-state index contributed by atoms with van der Waals surface area (Å²) in [5.74, 6) is 1.03. The van der Waals surface area contributed by atoms with Crippen molar-refractivity contribution < 1.29 is 0 Å². The van der Waals surface area contributed by atoms with Crippen molar-refractivity contribution in [1.29, 1.82) is 0 Å². The van der Waals surface area contributed by atoms with Crippen LogP contribution in [0.4, 0.5) is 5.82 Å². The summed E-state index contributed by atoms with van der Waals surface area (Å²) >= 11 is 3.54. The SMILES string of the molecule is CN1CCC(N(C)c2ncnc3ccc(Br)cc23)CC1.Cl. The van der Waals surface area contributed by atoms with Crippen LogP contribution in [0.25, 0.3) is 10.9 Å². The first-order valence-electron chi connectivity index (χ1n) is 6.97. The minimum Gasteiger partial charge on any atom is -0.356 e. The maximum Gasteiger partial charge on any atom is 0.139 e. The van der Waals surface area contributed by atoms with Crippen molar-refractivity contribution in [3.05, 3.63) is 29.0 Å². The predicted octanol–water partition coefficient (Wildman–Crippen LogP) is 3.34. The second-order valence-corrected chi connectivity index (χ2v) is 6.42. The topological polar surface area (TPSA) is 32.3 Å². The van der Waals surface area contributed by atoms with Crippen molar-refractivity contribution in [1.82, 2.24) is 14.9 Å². The van der Waals surface area contributed by atoms with Gasteiger partial charge < -0.3 is 9.80 Å². The normalized spacial score (nSPS) is 16.7. The minimum absolute atomic E-state index is 0. The minimum atomic E-state index is 0. The first-order valence-corrected chi connectivity index (χ1v) is 7.76. The van der Waals surface area contributed by atoms with Gasteiger partial charge in [0.2, 0.25) is 0 Å². The summed E-state index contributed by atoms with van der Waals surface area (Å²) in [5, 5.41) is 1.11. The van der Waals surface area contributed by atoms with Crippen LogP contribution in [0, 0.1) is 0 Å². The van der Waals surface area contributed by atoms with Crippen LogP contribution in [-0.4, -0.2) is 48.1 Å². The molecule has 4 nitrogen and oxygen atoms in total. The molecule has 6 heteroatoms. The van der Waals surface area contributed by atoms with Crippen molar-refractivity contribution in [2.75, 3.05) is 32.1 Å². The van der Waals surface area contributed by atoms with E-state index < -0.39 is 0 Å². The summed E-state index contributed by atoms with van der Waals surface area (Å²) in [6.07, 6.45) is 4.04. The molecule has 0 N–H and O–H groups in total. The van der Waals surface area contributed by atoms with Gasteiger partial charge in [-0.15, -0.1) is 12.4 Å². The molecular formula is C15H20BrClN4. The molecule has 2 heterocycles. The molecule has 2 aromatic rings. The van der Waals surface area contributed by atoms with Gasteiger partial charge in [-0.1, -0.05) is 15.9 Å². The number of halogens is 2. The van der Waals surface area contributed by atoms with Crippen molar-refractivity contribution in [3.63, 3.8) is 0 Å². The smallest absolute Gasteiger partial charge is 0.139 e. The fourth-order valence-electron chi connectivity index (χ4n) is 2.85. The molecule has 0 radical (unpaired) electrons. The van der Waals surface area contributed by atoms with E-state index in [1.807, 2.05) is 12.1 Å². The first-order chi connectivity index (χ1) is 9.65. The van der Waals surface area contributed by atoms with E-state index in [9.17, 15) is 0 Å². The Kier molecular flexibility index (Phi) is 5.41. The van der Waals surface area contributed by atoms with Gasteiger partial charge in [0, 0.05) is 22.9 Å². The molecule has 0 atom stereocenters. The quantitative estimate of drug-likeness (QED) is 0.810. The third-order valence-corrected chi connectivity index (χ3v) is 4.64. The van der Waals surface area contributed by atoms with Crippen LogP contribution in [-0.2, 0) is 0 Å². The van der Waals surface area contributed by atoms with Crippen LogP contribution in [0.5, 0.6) is 0 Å². The highest BCUT2D eigenvalue weighted by Crippen LogP contribution is 2.28. The molecule has 21 heavy (non-hydrogen) atoms. The van der Waals surface area contributed by atoms with Crippen molar-refractivity contribution >= 4 is 45.1 Å². The van der Waals surface area contributed by atoms with Crippen LogP contribution in [0.15, 0.2) is 29.0 Å². The number of fused-ring (bicyclic) bond motifs is 1. The zero-order valence-corrected chi connectivity index (χ0v) is 14.7. The molecule has 1 saturated heterocycles. The van der Waals surface area contributed by atoms with Crippen molar-refractivity contribution in [2.45, 2.75) is 18.9 Å². The number of piperidine rings is 1. The number of likely N-dealkylation sites (tertiary alicyclic amines) is 1. The predicted molar refractivity (Wildman–Crippen MR) is 93.4 cm³/mol. The summed E-state index contributed by atoms with van der Waals surface area (Å²) < 4.78 is 1.07. The lowest BCUT2D eigenvalue weighted by Gasteiger charge is -2.36. The number of hydrogen-bond acceptors (Lipinski definition) is 4. The molecule has 1 aliphatic heterocycles. The molecule has 0 amide bonds. The van der Waals surface area contributed by atoms with Crippen molar-refractivity contribution in [3.8, 4) is 0 Å². The molecule has 0 aliphatic carbocycles. The Hall–Kier alpha value is -0.910. The van der Waals surface area contributed by atoms with E-state index in [0.29, 0.717) is 6.04 Å². The van der Waals surface area contributed by atoms with E-state index in [2.05, 4.69) is 55.9 Å². The molecule has 1 aliphatic rings. The Morgan fingerprint density at radius 2 is 1.95 bits per heavy atom. The number of aromatic nitrogens is 2. The van der Waals surface area contributed by atoms with Gasteiger partial charge in [0.05, 0.1) is 5.52 Å². The average molecular weight is 372 g/mol. The fourth-order valence-corrected chi connectivity index (χ4v) is 3.21. The molecule has 1 fully saturated rings. The van der Waals surface area contributed by atoms with Crippen LogP contribution < -0.4 is 4.90 Å². The van der Waals surface area contributed by atoms with Gasteiger partial charge in [0.25, 0.3) is 0 Å². The highest BCUT2D eigenvalue weighted by atomic mass is 79.9. The lowest BCUT2D eigenvalue weighted by molar-refractivity contribution is 0.252. The highest BCUT2D eigenvalue weighted by Gasteiger charge is 2.22. The largest absolute Gasteiger partial charge is 0.356 e. The molecule has 0 saturated carbocycles. The first kappa shape index (κ1) is 16.5. The number of benzene rings is 1. The van der Waals surface area contributed by atoms with Crippen LogP contribution >= 0.6 is 28.3 Å². The Balaban J connectivity index is 0.00000161. The summed E-state index contributed by atoms with van der Waals surface area (Å²) in [6.45, 7) is 2.31. The van der Waals surface area contributed by atoms with Gasteiger partial charge in [-0.3, -0.25) is 0 Å². The Bertz CT molecular complexity index is 614. The maximum atomic E-state index is 4.52. The number of anilines is 1. The summed E-state index contributed by atoms with van der Waals surface area (Å²) in [4.78, 5) is 13.6. The lowest BCUT2D eigenvalue weighted by Crippen LogP contribution is -2.42. The van der Waals surface area contributed by atoms with E-state index in [-0.39, 0.29) is 12.4 Å². The van der Waals surface area contributed by atoms with Gasteiger partial charge in [0.1, 0.15) is 12.1 Å². The summed E-state index contributed by atoms with van der Waals surface area (Å²) in [7, 11) is 4.34. The monoisotopic (exact) mass is 370 g/mol. The van der Waals surface area contributed by atoms with Gasteiger partial charge in [-0.25, -0.2) is 9.97 Å². The second-order valence-electron chi connectivity index (χ2n) is 5.50. The van der Waals surface area contributed by atoms with E-state index >= 15 is 0 Å². The zero-order valence-electron chi connectivity index (χ0n) is 12.3. The van der Waals surface area contributed by atoms with E-state index in [1.165, 1.54) is 12.8 Å². The number of rotatable bonds is 2. The standard InChI is InChI=1S/C15H19BrN4.ClH/c1-19-7-5-12(6-8-19)20(2)15-13-9-11(16)3-4-14(13)17-10-18-15;/h3-4,9-10,12H,5-8H2,1-2H3;1H. The molecule has 0 unspecified atom stereocenters. The van der Waals surface area contributed by atoms with Crippen LogP contribution in [0.3, 0.4) is 0 Å². The van der Waals surface area contributed by atoms with E-state index in [0.717, 1.165) is 34.3 Å². The second kappa shape index (κ2) is 6.90. The maximum absolute atomic E-state index is 4.52. The zero-order chi connectivity index (χ0) is 14.1. The highest BCUT2D eigenvalue weighted by molar-refractivity contribution is 9.10. The van der Waals surface area contributed by atoms with Gasteiger partial charge in [-0.2, -0.15) is 0 Å². The Morgan fingerprint density at radius 1 is 1.24 bits per heavy atom. The van der Waals surface area contributed by atoms with Gasteiger partial charge >= 0.3 is 0 Å².